The molecule has 0 spiro atoms. The molecule has 5 rings (SSSR count). The smallest absolute Gasteiger partial charge is 0.258 e. The standard InChI is InChI=1S/C25H19N3OS/c29-24(22-6-3-11-27-25(22)30-16-17-9-12-26-13-10-17)28-20-8-7-19-14-18-4-1-2-5-21(18)23(19)15-20/h1-13,15H,14,16H2,(H,28,29). The molecule has 0 saturated heterocycles. The summed E-state index contributed by atoms with van der Waals surface area (Å²) in [6, 6.07) is 22.1. The molecule has 4 aromatic rings. The number of carbonyl (C=O) groups excluding carboxylic acids is 1. The Labute approximate surface area is 179 Å². The van der Waals surface area contributed by atoms with E-state index in [1.165, 1.54) is 22.3 Å². The summed E-state index contributed by atoms with van der Waals surface area (Å²) in [4.78, 5) is 21.5. The molecule has 2 heterocycles. The zero-order valence-corrected chi connectivity index (χ0v) is 17.0. The van der Waals surface area contributed by atoms with Gasteiger partial charge in [0.25, 0.3) is 5.91 Å². The number of hydrogen-bond acceptors (Lipinski definition) is 4. The van der Waals surface area contributed by atoms with Gasteiger partial charge in [0.15, 0.2) is 0 Å². The van der Waals surface area contributed by atoms with Gasteiger partial charge in [0, 0.05) is 30.0 Å². The van der Waals surface area contributed by atoms with E-state index in [2.05, 4.69) is 51.7 Å². The Hall–Kier alpha value is -3.44. The minimum atomic E-state index is -0.147. The van der Waals surface area contributed by atoms with Crippen molar-refractivity contribution in [3.05, 3.63) is 108 Å². The second-order valence-corrected chi connectivity index (χ2v) is 8.12. The van der Waals surface area contributed by atoms with Gasteiger partial charge in [-0.1, -0.05) is 30.3 Å². The highest BCUT2D eigenvalue weighted by atomic mass is 32.2. The van der Waals surface area contributed by atoms with Crippen molar-refractivity contribution in [2.24, 2.45) is 0 Å². The normalized spacial score (nSPS) is 11.6. The molecule has 0 bridgehead atoms. The van der Waals surface area contributed by atoms with Gasteiger partial charge in [0.2, 0.25) is 0 Å². The van der Waals surface area contributed by atoms with Crippen LogP contribution in [0.3, 0.4) is 0 Å². The number of benzene rings is 2. The number of anilines is 1. The molecular weight excluding hydrogens is 390 g/mol. The maximum atomic E-state index is 13.0. The summed E-state index contributed by atoms with van der Waals surface area (Å²) in [6.45, 7) is 0. The second kappa shape index (κ2) is 8.13. The van der Waals surface area contributed by atoms with Gasteiger partial charge in [0.05, 0.1) is 5.56 Å². The Kier molecular flexibility index (Phi) is 5.03. The number of nitrogens with zero attached hydrogens (tertiary/aromatic N) is 2. The van der Waals surface area contributed by atoms with Gasteiger partial charge in [-0.15, -0.1) is 11.8 Å². The van der Waals surface area contributed by atoms with Crippen molar-refractivity contribution in [3.8, 4) is 11.1 Å². The number of amides is 1. The fraction of sp³-hybridized carbons (Fsp3) is 0.0800. The summed E-state index contributed by atoms with van der Waals surface area (Å²) >= 11 is 1.55. The SMILES string of the molecule is O=C(Nc1ccc2c(c1)-c1ccccc1C2)c1cccnc1SCc1ccncc1. The molecule has 2 aromatic carbocycles. The van der Waals surface area contributed by atoms with Crippen molar-refractivity contribution in [2.75, 3.05) is 5.32 Å². The lowest BCUT2D eigenvalue weighted by molar-refractivity contribution is 0.102. The molecule has 0 saturated carbocycles. The molecule has 0 atom stereocenters. The molecule has 1 aliphatic rings. The van der Waals surface area contributed by atoms with Crippen LogP contribution in [0.2, 0.25) is 0 Å². The number of pyridine rings is 2. The van der Waals surface area contributed by atoms with Crippen LogP contribution >= 0.6 is 11.8 Å². The fourth-order valence-corrected chi connectivity index (χ4v) is 4.66. The molecule has 30 heavy (non-hydrogen) atoms. The van der Waals surface area contributed by atoms with Gasteiger partial charge in [-0.3, -0.25) is 9.78 Å². The molecule has 1 aliphatic carbocycles. The summed E-state index contributed by atoms with van der Waals surface area (Å²) in [7, 11) is 0. The Morgan fingerprint density at radius 3 is 2.63 bits per heavy atom. The average molecular weight is 410 g/mol. The van der Waals surface area contributed by atoms with E-state index in [4.69, 9.17) is 0 Å². The van der Waals surface area contributed by atoms with Gasteiger partial charge in [0.1, 0.15) is 5.03 Å². The lowest BCUT2D eigenvalue weighted by atomic mass is 10.1. The van der Waals surface area contributed by atoms with Gasteiger partial charge < -0.3 is 5.32 Å². The lowest BCUT2D eigenvalue weighted by Crippen LogP contribution is -2.13. The maximum absolute atomic E-state index is 13.0. The predicted octanol–water partition coefficient (Wildman–Crippen LogP) is 5.59. The van der Waals surface area contributed by atoms with Gasteiger partial charge in [-0.05, 0) is 70.6 Å². The van der Waals surface area contributed by atoms with Crippen LogP contribution < -0.4 is 5.32 Å². The van der Waals surface area contributed by atoms with Gasteiger partial charge in [-0.25, -0.2) is 4.98 Å². The van der Waals surface area contributed by atoms with E-state index >= 15 is 0 Å². The van der Waals surface area contributed by atoms with Crippen LogP contribution in [-0.4, -0.2) is 15.9 Å². The largest absolute Gasteiger partial charge is 0.322 e. The molecule has 0 radical (unpaired) electrons. The second-order valence-electron chi connectivity index (χ2n) is 7.16. The van der Waals surface area contributed by atoms with Crippen molar-refractivity contribution in [3.63, 3.8) is 0 Å². The van der Waals surface area contributed by atoms with Crippen molar-refractivity contribution >= 4 is 23.4 Å². The molecule has 0 aliphatic heterocycles. The van der Waals surface area contributed by atoms with E-state index in [1.54, 1.807) is 36.4 Å². The third-order valence-electron chi connectivity index (χ3n) is 5.20. The fourth-order valence-electron chi connectivity index (χ4n) is 3.71. The zero-order chi connectivity index (χ0) is 20.3. The predicted molar refractivity (Wildman–Crippen MR) is 121 cm³/mol. The minimum absolute atomic E-state index is 0.147. The molecule has 4 nitrogen and oxygen atoms in total. The highest BCUT2D eigenvalue weighted by Gasteiger charge is 2.19. The third-order valence-corrected chi connectivity index (χ3v) is 6.27. The summed E-state index contributed by atoms with van der Waals surface area (Å²) in [5.41, 5.74) is 7.59. The van der Waals surface area contributed by atoms with Crippen molar-refractivity contribution in [2.45, 2.75) is 17.2 Å². The first-order valence-corrected chi connectivity index (χ1v) is 10.8. The summed E-state index contributed by atoms with van der Waals surface area (Å²) < 4.78 is 0. The first kappa shape index (κ1) is 18.6. The minimum Gasteiger partial charge on any atom is -0.322 e. The van der Waals surface area contributed by atoms with Crippen molar-refractivity contribution in [1.82, 2.24) is 9.97 Å². The van der Waals surface area contributed by atoms with Gasteiger partial charge >= 0.3 is 0 Å². The Balaban J connectivity index is 1.36. The van der Waals surface area contributed by atoms with Crippen LogP contribution in [0.4, 0.5) is 5.69 Å². The monoisotopic (exact) mass is 409 g/mol. The molecule has 2 aromatic heterocycles. The quantitative estimate of drug-likeness (QED) is 0.384. The number of nitrogens with one attached hydrogen (secondary N) is 1. The van der Waals surface area contributed by atoms with Crippen LogP contribution in [0.1, 0.15) is 27.0 Å². The number of rotatable bonds is 5. The molecule has 0 fully saturated rings. The first-order valence-electron chi connectivity index (χ1n) is 9.77. The number of carbonyl (C=O) groups is 1. The van der Waals surface area contributed by atoms with Crippen molar-refractivity contribution in [1.29, 1.82) is 0 Å². The number of thioether (sulfide) groups is 1. The molecule has 1 amide bonds. The van der Waals surface area contributed by atoms with Gasteiger partial charge in [-0.2, -0.15) is 0 Å². The highest BCUT2D eigenvalue weighted by molar-refractivity contribution is 7.98. The molecular formula is C25H19N3OS. The lowest BCUT2D eigenvalue weighted by Gasteiger charge is -2.11. The molecule has 146 valence electrons. The topological polar surface area (TPSA) is 54.9 Å². The van der Waals surface area contributed by atoms with E-state index < -0.39 is 0 Å². The molecule has 5 heteroatoms. The average Bonchev–Trinajstić information content (AvgIpc) is 3.16. The Bertz CT molecular complexity index is 1220. The summed E-state index contributed by atoms with van der Waals surface area (Å²) in [5, 5.41) is 3.78. The number of hydrogen-bond donors (Lipinski definition) is 1. The summed E-state index contributed by atoms with van der Waals surface area (Å²) in [6.07, 6.45) is 6.21. The Morgan fingerprint density at radius 1 is 0.900 bits per heavy atom. The third kappa shape index (κ3) is 3.72. The van der Waals surface area contributed by atoms with Crippen LogP contribution in [-0.2, 0) is 12.2 Å². The van der Waals surface area contributed by atoms with Crippen LogP contribution in [0, 0.1) is 0 Å². The zero-order valence-electron chi connectivity index (χ0n) is 16.2. The Morgan fingerprint density at radius 2 is 1.73 bits per heavy atom. The first-order chi connectivity index (χ1) is 14.8. The number of fused-ring (bicyclic) bond motifs is 3. The summed E-state index contributed by atoms with van der Waals surface area (Å²) in [5.74, 6) is 0.585. The molecule has 0 unspecified atom stereocenters. The van der Waals surface area contributed by atoms with E-state index in [9.17, 15) is 4.79 Å². The van der Waals surface area contributed by atoms with E-state index in [0.717, 1.165) is 28.5 Å². The van der Waals surface area contributed by atoms with Crippen LogP contribution in [0.5, 0.6) is 0 Å². The molecule has 1 N–H and O–H groups in total. The maximum Gasteiger partial charge on any atom is 0.258 e. The van der Waals surface area contributed by atoms with E-state index in [-0.39, 0.29) is 5.91 Å². The van der Waals surface area contributed by atoms with Crippen LogP contribution in [0.15, 0.2) is 90.3 Å². The number of aromatic nitrogens is 2. The van der Waals surface area contributed by atoms with Crippen LogP contribution in [0.25, 0.3) is 11.1 Å². The van der Waals surface area contributed by atoms with E-state index in [0.29, 0.717) is 5.56 Å². The van der Waals surface area contributed by atoms with Crippen molar-refractivity contribution < 1.29 is 4.79 Å². The highest BCUT2D eigenvalue weighted by Crippen LogP contribution is 2.38. The van der Waals surface area contributed by atoms with E-state index in [1.807, 2.05) is 24.3 Å².